The highest BCUT2D eigenvalue weighted by Crippen LogP contribution is 2.28. The van der Waals surface area contributed by atoms with Gasteiger partial charge in [0.25, 0.3) is 5.91 Å². The van der Waals surface area contributed by atoms with Gasteiger partial charge >= 0.3 is 0 Å². The first-order valence-electron chi connectivity index (χ1n) is 6.08. The third-order valence-electron chi connectivity index (χ3n) is 2.29. The average molecular weight is 265 g/mol. The molecule has 1 aromatic rings. The topological polar surface area (TPSA) is 67.8 Å². The van der Waals surface area contributed by atoms with Crippen LogP contribution in [0.3, 0.4) is 0 Å². The fourth-order valence-corrected chi connectivity index (χ4v) is 1.42. The van der Waals surface area contributed by atoms with Crippen molar-refractivity contribution in [1.82, 2.24) is 5.32 Å². The first-order chi connectivity index (χ1) is 9.21. The summed E-state index contributed by atoms with van der Waals surface area (Å²) in [6.45, 7) is 6.09. The molecule has 0 atom stereocenters. The molecule has 0 aliphatic rings. The second kappa shape index (κ2) is 8.16. The van der Waals surface area contributed by atoms with Crippen LogP contribution in [-0.4, -0.2) is 30.8 Å². The minimum Gasteiger partial charge on any atom is -0.490 e. The number of nitrogens with one attached hydrogen (secondary N) is 1. The number of benzene rings is 1. The highest BCUT2D eigenvalue weighted by atomic mass is 16.5. The SMILES string of the molecule is C=CCNC(=O)COc1ccc(CO)cc1OCC. The highest BCUT2D eigenvalue weighted by Gasteiger charge is 2.08. The van der Waals surface area contributed by atoms with E-state index in [1.807, 2.05) is 6.92 Å². The summed E-state index contributed by atoms with van der Waals surface area (Å²) in [5, 5.41) is 11.7. The Morgan fingerprint density at radius 3 is 2.84 bits per heavy atom. The summed E-state index contributed by atoms with van der Waals surface area (Å²) in [4.78, 5) is 11.4. The van der Waals surface area contributed by atoms with Gasteiger partial charge in [-0.3, -0.25) is 4.79 Å². The van der Waals surface area contributed by atoms with E-state index in [-0.39, 0.29) is 19.1 Å². The molecular weight excluding hydrogens is 246 g/mol. The summed E-state index contributed by atoms with van der Waals surface area (Å²) in [5.41, 5.74) is 0.729. The van der Waals surface area contributed by atoms with Crippen molar-refractivity contribution in [3.05, 3.63) is 36.4 Å². The van der Waals surface area contributed by atoms with Gasteiger partial charge in [0.1, 0.15) is 0 Å². The van der Waals surface area contributed by atoms with E-state index >= 15 is 0 Å². The zero-order valence-electron chi connectivity index (χ0n) is 11.0. The van der Waals surface area contributed by atoms with Crippen molar-refractivity contribution >= 4 is 5.91 Å². The van der Waals surface area contributed by atoms with E-state index in [0.29, 0.717) is 24.7 Å². The van der Waals surface area contributed by atoms with Crippen LogP contribution < -0.4 is 14.8 Å². The summed E-state index contributed by atoms with van der Waals surface area (Å²) in [7, 11) is 0. The van der Waals surface area contributed by atoms with Crippen molar-refractivity contribution in [3.8, 4) is 11.5 Å². The lowest BCUT2D eigenvalue weighted by Crippen LogP contribution is -2.28. The Bertz CT molecular complexity index is 431. The third kappa shape index (κ3) is 5.01. The minimum atomic E-state index is -0.228. The molecular formula is C14H19NO4. The van der Waals surface area contributed by atoms with Crippen LogP contribution in [0.25, 0.3) is 0 Å². The van der Waals surface area contributed by atoms with Gasteiger partial charge in [0, 0.05) is 6.54 Å². The Balaban J connectivity index is 2.65. The van der Waals surface area contributed by atoms with Gasteiger partial charge < -0.3 is 19.9 Å². The molecule has 0 heterocycles. The molecule has 1 rings (SSSR count). The summed E-state index contributed by atoms with van der Waals surface area (Å²) < 4.78 is 10.8. The molecule has 5 heteroatoms. The number of ether oxygens (including phenoxy) is 2. The van der Waals surface area contributed by atoms with Crippen LogP contribution >= 0.6 is 0 Å². The Morgan fingerprint density at radius 1 is 1.42 bits per heavy atom. The van der Waals surface area contributed by atoms with Crippen LogP contribution in [0.4, 0.5) is 0 Å². The highest BCUT2D eigenvalue weighted by molar-refractivity contribution is 5.77. The first-order valence-corrected chi connectivity index (χ1v) is 6.08. The van der Waals surface area contributed by atoms with E-state index in [0.717, 1.165) is 5.56 Å². The molecule has 2 N–H and O–H groups in total. The lowest BCUT2D eigenvalue weighted by molar-refractivity contribution is -0.122. The number of aliphatic hydroxyl groups excluding tert-OH is 1. The second-order valence-electron chi connectivity index (χ2n) is 3.75. The number of carbonyl (C=O) groups excluding carboxylic acids is 1. The Kier molecular flexibility index (Phi) is 6.46. The third-order valence-corrected chi connectivity index (χ3v) is 2.29. The molecule has 0 aliphatic heterocycles. The van der Waals surface area contributed by atoms with Crippen molar-refractivity contribution < 1.29 is 19.4 Å². The van der Waals surface area contributed by atoms with Crippen LogP contribution in [-0.2, 0) is 11.4 Å². The predicted octanol–water partition coefficient (Wildman–Crippen LogP) is 1.26. The summed E-state index contributed by atoms with van der Waals surface area (Å²) in [5.74, 6) is 0.770. The monoisotopic (exact) mass is 265 g/mol. The average Bonchev–Trinajstić information content (AvgIpc) is 2.43. The Hall–Kier alpha value is -2.01. The number of hydrogen-bond donors (Lipinski definition) is 2. The number of amides is 1. The fraction of sp³-hybridized carbons (Fsp3) is 0.357. The normalized spacial score (nSPS) is 9.79. The van der Waals surface area contributed by atoms with Crippen LogP contribution in [0.2, 0.25) is 0 Å². The van der Waals surface area contributed by atoms with Crippen molar-refractivity contribution in [3.63, 3.8) is 0 Å². The number of hydrogen-bond acceptors (Lipinski definition) is 4. The largest absolute Gasteiger partial charge is 0.490 e. The molecule has 0 saturated carbocycles. The zero-order chi connectivity index (χ0) is 14.1. The van der Waals surface area contributed by atoms with Gasteiger partial charge in [-0.25, -0.2) is 0 Å². The molecule has 1 amide bonds. The number of aliphatic hydroxyl groups is 1. The first kappa shape index (κ1) is 15.0. The molecule has 104 valence electrons. The number of rotatable bonds is 8. The molecule has 5 nitrogen and oxygen atoms in total. The van der Waals surface area contributed by atoms with Crippen LogP contribution in [0.15, 0.2) is 30.9 Å². The van der Waals surface area contributed by atoms with E-state index in [2.05, 4.69) is 11.9 Å². The molecule has 0 unspecified atom stereocenters. The van der Waals surface area contributed by atoms with Crippen LogP contribution in [0.1, 0.15) is 12.5 Å². The van der Waals surface area contributed by atoms with Gasteiger partial charge in [0.05, 0.1) is 13.2 Å². The standard InChI is InChI=1S/C14H19NO4/c1-3-7-15-14(17)10-19-12-6-5-11(9-16)8-13(12)18-4-2/h3,5-6,8,16H,1,4,7,9-10H2,2H3,(H,15,17). The van der Waals surface area contributed by atoms with Crippen LogP contribution in [0.5, 0.6) is 11.5 Å². The van der Waals surface area contributed by atoms with Gasteiger partial charge in [-0.1, -0.05) is 12.1 Å². The number of carbonyl (C=O) groups is 1. The molecule has 0 bridgehead atoms. The van der Waals surface area contributed by atoms with Crippen molar-refractivity contribution in [1.29, 1.82) is 0 Å². The van der Waals surface area contributed by atoms with Gasteiger partial charge in [-0.15, -0.1) is 6.58 Å². The molecule has 0 aromatic heterocycles. The van der Waals surface area contributed by atoms with E-state index in [1.54, 1.807) is 24.3 Å². The Morgan fingerprint density at radius 2 is 2.21 bits per heavy atom. The summed E-state index contributed by atoms with van der Waals surface area (Å²) in [6, 6.07) is 5.09. The molecule has 0 aliphatic carbocycles. The van der Waals surface area contributed by atoms with Gasteiger partial charge in [0.2, 0.25) is 0 Å². The molecule has 19 heavy (non-hydrogen) atoms. The zero-order valence-corrected chi connectivity index (χ0v) is 11.0. The second-order valence-corrected chi connectivity index (χ2v) is 3.75. The summed E-state index contributed by atoms with van der Waals surface area (Å²) in [6.07, 6.45) is 1.60. The summed E-state index contributed by atoms with van der Waals surface area (Å²) >= 11 is 0. The molecule has 0 radical (unpaired) electrons. The lowest BCUT2D eigenvalue weighted by atomic mass is 10.2. The molecule has 1 aromatic carbocycles. The van der Waals surface area contributed by atoms with E-state index in [1.165, 1.54) is 0 Å². The van der Waals surface area contributed by atoms with Crippen molar-refractivity contribution in [2.45, 2.75) is 13.5 Å². The van der Waals surface area contributed by atoms with Crippen molar-refractivity contribution in [2.24, 2.45) is 0 Å². The molecule has 0 spiro atoms. The van der Waals surface area contributed by atoms with Gasteiger partial charge in [-0.2, -0.15) is 0 Å². The Labute approximate surface area is 112 Å². The fourth-order valence-electron chi connectivity index (χ4n) is 1.42. The smallest absolute Gasteiger partial charge is 0.258 e. The quantitative estimate of drug-likeness (QED) is 0.694. The lowest BCUT2D eigenvalue weighted by Gasteiger charge is -2.12. The van der Waals surface area contributed by atoms with E-state index < -0.39 is 0 Å². The van der Waals surface area contributed by atoms with Crippen LogP contribution in [0, 0.1) is 0 Å². The van der Waals surface area contributed by atoms with E-state index in [4.69, 9.17) is 14.6 Å². The maximum Gasteiger partial charge on any atom is 0.258 e. The minimum absolute atomic E-state index is 0.0693. The van der Waals surface area contributed by atoms with Gasteiger partial charge in [-0.05, 0) is 24.6 Å². The van der Waals surface area contributed by atoms with Gasteiger partial charge in [0.15, 0.2) is 18.1 Å². The maximum absolute atomic E-state index is 11.4. The van der Waals surface area contributed by atoms with Crippen molar-refractivity contribution in [2.75, 3.05) is 19.8 Å². The maximum atomic E-state index is 11.4. The predicted molar refractivity (Wildman–Crippen MR) is 72.2 cm³/mol. The molecule has 0 fully saturated rings. The molecule has 0 saturated heterocycles. The van der Waals surface area contributed by atoms with E-state index in [9.17, 15) is 4.79 Å².